The van der Waals surface area contributed by atoms with E-state index in [0.717, 1.165) is 43.9 Å². The lowest BCUT2D eigenvalue weighted by atomic mass is 10.0. The average Bonchev–Trinajstić information content (AvgIpc) is 2.47. The second-order valence-electron chi connectivity index (χ2n) is 5.89. The van der Waals surface area contributed by atoms with Crippen LogP contribution in [0.4, 0.5) is 5.69 Å². The van der Waals surface area contributed by atoms with Crippen molar-refractivity contribution in [2.45, 2.75) is 52.0 Å². The van der Waals surface area contributed by atoms with Crippen LogP contribution in [0.5, 0.6) is 0 Å². The number of rotatable bonds is 5. The van der Waals surface area contributed by atoms with Crippen LogP contribution in [0.1, 0.15) is 56.6 Å². The molecule has 0 saturated carbocycles. The fraction of sp³-hybridized carbons (Fsp3) is 0.611. The van der Waals surface area contributed by atoms with Crippen LogP contribution >= 0.6 is 0 Å². The van der Waals surface area contributed by atoms with Crippen molar-refractivity contribution in [3.63, 3.8) is 0 Å². The number of benzene rings is 1. The predicted molar refractivity (Wildman–Crippen MR) is 88.5 cm³/mol. The lowest BCUT2D eigenvalue weighted by Gasteiger charge is -2.28. The highest BCUT2D eigenvalue weighted by molar-refractivity contribution is 5.60. The summed E-state index contributed by atoms with van der Waals surface area (Å²) < 4.78 is 0. The van der Waals surface area contributed by atoms with Crippen LogP contribution in [-0.4, -0.2) is 19.6 Å². The summed E-state index contributed by atoms with van der Waals surface area (Å²) in [7, 11) is 0. The van der Waals surface area contributed by atoms with Crippen molar-refractivity contribution < 1.29 is 0 Å². The van der Waals surface area contributed by atoms with Crippen LogP contribution in [0.3, 0.4) is 0 Å². The van der Waals surface area contributed by atoms with E-state index in [1.165, 1.54) is 37.7 Å². The highest BCUT2D eigenvalue weighted by atomic mass is 15.1. The Morgan fingerprint density at radius 3 is 2.52 bits per heavy atom. The Balaban J connectivity index is 2.09. The molecule has 1 saturated heterocycles. The molecule has 1 aromatic rings. The quantitative estimate of drug-likeness (QED) is 0.836. The highest BCUT2D eigenvalue weighted by Gasteiger charge is 2.13. The van der Waals surface area contributed by atoms with Gasteiger partial charge in [-0.05, 0) is 43.5 Å². The van der Waals surface area contributed by atoms with Gasteiger partial charge in [0.1, 0.15) is 6.07 Å². The van der Waals surface area contributed by atoms with Crippen molar-refractivity contribution >= 4 is 5.69 Å². The molecule has 0 spiro atoms. The molecule has 1 aromatic carbocycles. The number of nitrogens with one attached hydrogen (secondary N) is 1. The van der Waals surface area contributed by atoms with Gasteiger partial charge in [-0.3, -0.25) is 0 Å². The standard InChI is InChI=1S/C18H27N3/c1-2-10-20-15-16-8-9-18(17(13-16)14-19)21-11-6-4-3-5-7-12-21/h8-9,13,20H,2-7,10-12,15H2,1H3. The molecular formula is C18H27N3. The third-order valence-corrected chi connectivity index (χ3v) is 4.13. The van der Waals surface area contributed by atoms with Crippen LogP contribution in [0.25, 0.3) is 0 Å². The maximum absolute atomic E-state index is 9.47. The molecule has 1 N–H and O–H groups in total. The van der Waals surface area contributed by atoms with Gasteiger partial charge in [0, 0.05) is 19.6 Å². The first-order valence-corrected chi connectivity index (χ1v) is 8.34. The molecule has 0 aromatic heterocycles. The summed E-state index contributed by atoms with van der Waals surface area (Å²) in [5.74, 6) is 0. The zero-order valence-electron chi connectivity index (χ0n) is 13.2. The smallest absolute Gasteiger partial charge is 0.101 e. The summed E-state index contributed by atoms with van der Waals surface area (Å²) in [6, 6.07) is 8.75. The summed E-state index contributed by atoms with van der Waals surface area (Å²) in [5.41, 5.74) is 3.15. The van der Waals surface area contributed by atoms with E-state index in [0.29, 0.717) is 0 Å². The van der Waals surface area contributed by atoms with E-state index < -0.39 is 0 Å². The monoisotopic (exact) mass is 285 g/mol. The molecule has 3 nitrogen and oxygen atoms in total. The molecule has 0 bridgehead atoms. The van der Waals surface area contributed by atoms with E-state index in [9.17, 15) is 5.26 Å². The fourth-order valence-corrected chi connectivity index (χ4v) is 2.96. The van der Waals surface area contributed by atoms with E-state index in [2.05, 4.69) is 41.4 Å². The van der Waals surface area contributed by atoms with Gasteiger partial charge in [-0.25, -0.2) is 0 Å². The van der Waals surface area contributed by atoms with Crippen LogP contribution in [0.15, 0.2) is 18.2 Å². The van der Waals surface area contributed by atoms with Gasteiger partial charge >= 0.3 is 0 Å². The van der Waals surface area contributed by atoms with Gasteiger partial charge in [0.05, 0.1) is 11.3 Å². The number of anilines is 1. The molecule has 0 aliphatic carbocycles. The maximum Gasteiger partial charge on any atom is 0.101 e. The largest absolute Gasteiger partial charge is 0.370 e. The number of nitrogens with zero attached hydrogens (tertiary/aromatic N) is 2. The first kappa shape index (κ1) is 15.9. The SMILES string of the molecule is CCCNCc1ccc(N2CCCCCCC2)c(C#N)c1. The number of hydrogen-bond acceptors (Lipinski definition) is 3. The maximum atomic E-state index is 9.47. The van der Waals surface area contributed by atoms with Crippen LogP contribution in [-0.2, 0) is 6.54 Å². The van der Waals surface area contributed by atoms with Crippen molar-refractivity contribution in [3.05, 3.63) is 29.3 Å². The predicted octanol–water partition coefficient (Wildman–Crippen LogP) is 3.83. The Labute approximate surface area is 129 Å². The molecule has 0 atom stereocenters. The normalized spacial score (nSPS) is 16.1. The van der Waals surface area contributed by atoms with E-state index in [-0.39, 0.29) is 0 Å². The zero-order chi connectivity index (χ0) is 14.9. The second-order valence-corrected chi connectivity index (χ2v) is 5.89. The Hall–Kier alpha value is -1.53. The molecule has 3 heteroatoms. The van der Waals surface area contributed by atoms with E-state index in [4.69, 9.17) is 0 Å². The van der Waals surface area contributed by atoms with Gasteiger partial charge in [-0.1, -0.05) is 32.3 Å². The summed E-state index contributed by atoms with van der Waals surface area (Å²) in [4.78, 5) is 2.40. The molecule has 1 aliphatic rings. The Morgan fingerprint density at radius 2 is 1.86 bits per heavy atom. The molecular weight excluding hydrogens is 258 g/mol. The molecule has 0 amide bonds. The third kappa shape index (κ3) is 4.75. The minimum Gasteiger partial charge on any atom is -0.370 e. The zero-order valence-corrected chi connectivity index (χ0v) is 13.2. The third-order valence-electron chi connectivity index (χ3n) is 4.13. The van der Waals surface area contributed by atoms with Gasteiger partial charge < -0.3 is 10.2 Å². The molecule has 2 rings (SSSR count). The minimum absolute atomic E-state index is 0.825. The lowest BCUT2D eigenvalue weighted by Crippen LogP contribution is -2.27. The van der Waals surface area contributed by atoms with Crippen LogP contribution in [0.2, 0.25) is 0 Å². The van der Waals surface area contributed by atoms with Crippen molar-refractivity contribution in [1.82, 2.24) is 5.32 Å². The van der Waals surface area contributed by atoms with E-state index in [1.54, 1.807) is 0 Å². The summed E-state index contributed by atoms with van der Waals surface area (Å²) in [5, 5.41) is 12.9. The van der Waals surface area contributed by atoms with Crippen molar-refractivity contribution in [2.24, 2.45) is 0 Å². The van der Waals surface area contributed by atoms with Crippen LogP contribution < -0.4 is 10.2 Å². The molecule has 1 fully saturated rings. The highest BCUT2D eigenvalue weighted by Crippen LogP contribution is 2.24. The van der Waals surface area contributed by atoms with Gasteiger partial charge in [0.15, 0.2) is 0 Å². The first-order chi connectivity index (χ1) is 10.3. The van der Waals surface area contributed by atoms with E-state index >= 15 is 0 Å². The molecule has 0 radical (unpaired) electrons. The van der Waals surface area contributed by atoms with Gasteiger partial charge in [-0.15, -0.1) is 0 Å². The molecule has 21 heavy (non-hydrogen) atoms. The van der Waals surface area contributed by atoms with Crippen molar-refractivity contribution in [2.75, 3.05) is 24.5 Å². The summed E-state index contributed by atoms with van der Waals surface area (Å²) >= 11 is 0. The van der Waals surface area contributed by atoms with Crippen LogP contribution in [0, 0.1) is 11.3 Å². The summed E-state index contributed by atoms with van der Waals surface area (Å²) in [6.07, 6.45) is 7.61. The topological polar surface area (TPSA) is 39.1 Å². The second kappa shape index (κ2) is 8.69. The van der Waals surface area contributed by atoms with Gasteiger partial charge in [-0.2, -0.15) is 5.26 Å². The molecule has 1 heterocycles. The minimum atomic E-state index is 0.825. The molecule has 0 unspecified atom stereocenters. The van der Waals surface area contributed by atoms with Gasteiger partial charge in [0.2, 0.25) is 0 Å². The number of hydrogen-bond donors (Lipinski definition) is 1. The first-order valence-electron chi connectivity index (χ1n) is 8.34. The van der Waals surface area contributed by atoms with Crippen molar-refractivity contribution in [3.8, 4) is 6.07 Å². The van der Waals surface area contributed by atoms with Crippen molar-refractivity contribution in [1.29, 1.82) is 5.26 Å². The van der Waals surface area contributed by atoms with E-state index in [1.807, 2.05) is 0 Å². The molecule has 114 valence electrons. The Kier molecular flexibility index (Phi) is 6.56. The molecule has 1 aliphatic heterocycles. The number of nitriles is 1. The summed E-state index contributed by atoms with van der Waals surface area (Å²) in [6.45, 7) is 6.21. The fourth-order valence-electron chi connectivity index (χ4n) is 2.96. The Morgan fingerprint density at radius 1 is 1.14 bits per heavy atom. The Bertz CT molecular complexity index is 468. The average molecular weight is 285 g/mol. The van der Waals surface area contributed by atoms with Gasteiger partial charge in [0.25, 0.3) is 0 Å². The lowest BCUT2D eigenvalue weighted by molar-refractivity contribution is 0.556.